The Morgan fingerprint density at radius 2 is 1.34 bits per heavy atom. The minimum atomic E-state index is -1.23. The van der Waals surface area contributed by atoms with Crippen LogP contribution in [0.4, 0.5) is 0 Å². The van der Waals surface area contributed by atoms with Gasteiger partial charge in [-0.15, -0.1) is 0 Å². The maximum atomic E-state index is 13.3. The maximum absolute atomic E-state index is 13.3. The molecule has 0 spiro atoms. The third-order valence-corrected chi connectivity index (χ3v) is 4.73. The fourth-order valence-electron chi connectivity index (χ4n) is 3.30. The summed E-state index contributed by atoms with van der Waals surface area (Å²) in [6.07, 6.45) is -0.325. The van der Waals surface area contributed by atoms with Crippen molar-refractivity contribution in [3.63, 3.8) is 0 Å². The van der Waals surface area contributed by atoms with Gasteiger partial charge in [-0.3, -0.25) is 4.79 Å². The molecule has 0 aliphatic heterocycles. The first-order chi connectivity index (χ1) is 14.1. The van der Waals surface area contributed by atoms with Gasteiger partial charge in [-0.25, -0.2) is 0 Å². The lowest BCUT2D eigenvalue weighted by atomic mass is 9.90. The number of benzene rings is 3. The van der Waals surface area contributed by atoms with Gasteiger partial charge in [0.1, 0.15) is 5.75 Å². The molecule has 148 valence electrons. The lowest BCUT2D eigenvalue weighted by Gasteiger charge is -2.24. The van der Waals surface area contributed by atoms with Crippen molar-refractivity contribution >= 4 is 11.9 Å². The average molecular weight is 388 g/mol. The molecule has 1 atom stereocenters. The second-order valence-electron chi connectivity index (χ2n) is 6.66. The molecule has 29 heavy (non-hydrogen) atoms. The van der Waals surface area contributed by atoms with Gasteiger partial charge >= 0.3 is 0 Å². The lowest BCUT2D eigenvalue weighted by molar-refractivity contribution is -0.306. The van der Waals surface area contributed by atoms with Gasteiger partial charge in [0.25, 0.3) is 0 Å². The number of rotatable bonds is 8. The number of ether oxygens (including phenoxy) is 1. The van der Waals surface area contributed by atoms with Gasteiger partial charge in [0.05, 0.1) is 19.1 Å². The van der Waals surface area contributed by atoms with E-state index in [0.29, 0.717) is 11.3 Å². The van der Waals surface area contributed by atoms with Crippen LogP contribution >= 0.6 is 0 Å². The van der Waals surface area contributed by atoms with Crippen molar-refractivity contribution in [2.24, 2.45) is 0 Å². The molecule has 0 saturated heterocycles. The number of hydrogen-bond acceptors (Lipinski definition) is 4. The SMILES string of the molecule is COc1ccc([C@H](CC(=O)[O-])NC(=O)C(c2ccccc2)c2ccccc2)cc1. The Bertz CT molecular complexity index is 900. The molecule has 0 unspecified atom stereocenters. The molecule has 0 fully saturated rings. The summed E-state index contributed by atoms with van der Waals surface area (Å²) in [4.78, 5) is 24.6. The first-order valence-electron chi connectivity index (χ1n) is 9.32. The van der Waals surface area contributed by atoms with Gasteiger partial charge in [0.2, 0.25) is 5.91 Å². The Morgan fingerprint density at radius 3 is 1.79 bits per heavy atom. The first kappa shape index (κ1) is 20.1. The van der Waals surface area contributed by atoms with Crippen molar-refractivity contribution < 1.29 is 19.4 Å². The molecule has 5 nitrogen and oxygen atoms in total. The normalized spacial score (nSPS) is 11.7. The monoisotopic (exact) mass is 388 g/mol. The first-order valence-corrected chi connectivity index (χ1v) is 9.32. The summed E-state index contributed by atoms with van der Waals surface area (Å²) in [5.74, 6) is -1.41. The van der Waals surface area contributed by atoms with E-state index < -0.39 is 17.9 Å². The van der Waals surface area contributed by atoms with Gasteiger partial charge in [0, 0.05) is 12.4 Å². The Morgan fingerprint density at radius 1 is 0.828 bits per heavy atom. The summed E-state index contributed by atoms with van der Waals surface area (Å²) in [6, 6.07) is 25.1. The molecule has 3 aromatic rings. The highest BCUT2D eigenvalue weighted by Crippen LogP contribution is 2.27. The minimum Gasteiger partial charge on any atom is -0.550 e. The number of carbonyl (C=O) groups is 2. The molecule has 0 aliphatic rings. The molecule has 0 heterocycles. The van der Waals surface area contributed by atoms with E-state index in [1.165, 1.54) is 0 Å². The van der Waals surface area contributed by atoms with Gasteiger partial charge in [-0.05, 0) is 28.8 Å². The van der Waals surface area contributed by atoms with Gasteiger partial charge in [-0.2, -0.15) is 0 Å². The van der Waals surface area contributed by atoms with Crippen LogP contribution in [0.2, 0.25) is 0 Å². The predicted molar refractivity (Wildman–Crippen MR) is 108 cm³/mol. The summed E-state index contributed by atoms with van der Waals surface area (Å²) < 4.78 is 5.15. The smallest absolute Gasteiger partial charge is 0.232 e. The van der Waals surface area contributed by atoms with Crippen molar-refractivity contribution in [3.8, 4) is 5.75 Å². The predicted octanol–water partition coefficient (Wildman–Crippen LogP) is 2.82. The van der Waals surface area contributed by atoms with E-state index in [1.807, 2.05) is 60.7 Å². The fraction of sp³-hybridized carbons (Fsp3) is 0.167. The van der Waals surface area contributed by atoms with Crippen LogP contribution in [-0.2, 0) is 9.59 Å². The Labute approximate surface area is 170 Å². The molecule has 0 saturated carbocycles. The number of carboxylic acids is 1. The van der Waals surface area contributed by atoms with Crippen LogP contribution < -0.4 is 15.2 Å². The van der Waals surface area contributed by atoms with Crippen LogP contribution in [0, 0.1) is 0 Å². The maximum Gasteiger partial charge on any atom is 0.232 e. The molecule has 0 aromatic heterocycles. The van der Waals surface area contributed by atoms with Crippen molar-refractivity contribution in [1.82, 2.24) is 5.32 Å². The fourth-order valence-corrected chi connectivity index (χ4v) is 3.30. The Kier molecular flexibility index (Phi) is 6.63. The molecule has 5 heteroatoms. The van der Waals surface area contributed by atoms with E-state index in [2.05, 4.69) is 5.32 Å². The zero-order valence-electron chi connectivity index (χ0n) is 16.1. The van der Waals surface area contributed by atoms with E-state index in [9.17, 15) is 14.7 Å². The van der Waals surface area contributed by atoms with E-state index in [-0.39, 0.29) is 12.3 Å². The van der Waals surface area contributed by atoms with E-state index in [1.54, 1.807) is 31.4 Å². The average Bonchev–Trinajstić information content (AvgIpc) is 2.75. The molecule has 0 bridgehead atoms. The zero-order valence-corrected chi connectivity index (χ0v) is 16.1. The molecule has 0 radical (unpaired) electrons. The number of aliphatic carboxylic acids is 1. The van der Waals surface area contributed by atoms with E-state index >= 15 is 0 Å². The van der Waals surface area contributed by atoms with Crippen LogP contribution in [0.3, 0.4) is 0 Å². The van der Waals surface area contributed by atoms with Crippen molar-refractivity contribution in [2.75, 3.05) is 7.11 Å². The third-order valence-electron chi connectivity index (χ3n) is 4.73. The van der Waals surface area contributed by atoms with Crippen LogP contribution in [0.1, 0.15) is 35.1 Å². The molecule has 1 N–H and O–H groups in total. The molecule has 0 aliphatic carbocycles. The van der Waals surface area contributed by atoms with Crippen molar-refractivity contribution in [2.45, 2.75) is 18.4 Å². The van der Waals surface area contributed by atoms with E-state index in [4.69, 9.17) is 4.74 Å². The summed E-state index contributed by atoms with van der Waals surface area (Å²) in [7, 11) is 1.56. The van der Waals surface area contributed by atoms with Crippen LogP contribution in [0.5, 0.6) is 5.75 Å². The molecule has 1 amide bonds. The standard InChI is InChI=1S/C24H23NO4/c1-29-20-14-12-17(13-15-20)21(16-22(26)27)25-24(28)23(18-8-4-2-5-9-18)19-10-6-3-7-11-19/h2-15,21,23H,16H2,1H3,(H,25,28)(H,26,27)/p-1/t21-/m0/s1. The highest BCUT2D eigenvalue weighted by atomic mass is 16.5. The topological polar surface area (TPSA) is 78.5 Å². The molecular formula is C24H22NO4-. The Balaban J connectivity index is 1.91. The van der Waals surface area contributed by atoms with Gasteiger partial charge in [-0.1, -0.05) is 72.8 Å². The Hall–Kier alpha value is -3.60. The van der Waals surface area contributed by atoms with Crippen molar-refractivity contribution in [1.29, 1.82) is 0 Å². The number of amides is 1. The highest BCUT2D eigenvalue weighted by Gasteiger charge is 2.25. The second-order valence-corrected chi connectivity index (χ2v) is 6.66. The number of carboxylic acid groups (broad SMARTS) is 1. The quantitative estimate of drug-likeness (QED) is 0.644. The van der Waals surface area contributed by atoms with Crippen molar-refractivity contribution in [3.05, 3.63) is 102 Å². The summed E-state index contributed by atoms with van der Waals surface area (Å²) in [5, 5.41) is 14.2. The van der Waals surface area contributed by atoms with Crippen LogP contribution in [0.25, 0.3) is 0 Å². The second kappa shape index (κ2) is 9.55. The molecule has 3 rings (SSSR count). The zero-order chi connectivity index (χ0) is 20.6. The van der Waals surface area contributed by atoms with Gasteiger partial charge < -0.3 is 20.0 Å². The summed E-state index contributed by atoms with van der Waals surface area (Å²) >= 11 is 0. The van der Waals surface area contributed by atoms with Crippen LogP contribution in [-0.4, -0.2) is 19.0 Å². The number of carbonyl (C=O) groups excluding carboxylic acids is 2. The molecular weight excluding hydrogens is 366 g/mol. The lowest BCUT2D eigenvalue weighted by Crippen LogP contribution is -2.37. The van der Waals surface area contributed by atoms with Crippen LogP contribution in [0.15, 0.2) is 84.9 Å². The molecule has 3 aromatic carbocycles. The number of methoxy groups -OCH3 is 1. The third kappa shape index (κ3) is 5.23. The largest absolute Gasteiger partial charge is 0.550 e. The van der Waals surface area contributed by atoms with E-state index in [0.717, 1.165) is 11.1 Å². The highest BCUT2D eigenvalue weighted by molar-refractivity contribution is 5.87. The summed E-state index contributed by atoms with van der Waals surface area (Å²) in [6.45, 7) is 0. The summed E-state index contributed by atoms with van der Waals surface area (Å²) in [5.41, 5.74) is 2.33. The minimum absolute atomic E-state index is 0.274. The number of hydrogen-bond donors (Lipinski definition) is 1. The number of nitrogens with one attached hydrogen (secondary N) is 1. The van der Waals surface area contributed by atoms with Gasteiger partial charge in [0.15, 0.2) is 0 Å².